The average molecular weight is 300 g/mol. The molecule has 1 rings (SSSR count). The lowest BCUT2D eigenvalue weighted by molar-refractivity contribution is -0.117. The van der Waals surface area contributed by atoms with Gasteiger partial charge in [-0.25, -0.2) is 0 Å². The second-order valence-electron chi connectivity index (χ2n) is 4.82. The summed E-state index contributed by atoms with van der Waals surface area (Å²) in [7, 11) is 0. The van der Waals surface area contributed by atoms with E-state index in [1.807, 2.05) is 36.4 Å². The van der Waals surface area contributed by atoms with Gasteiger partial charge in [-0.05, 0) is 18.7 Å². The Labute approximate surface area is 132 Å². The molecule has 5 nitrogen and oxygen atoms in total. The maximum Gasteiger partial charge on any atom is 0.263 e. The monoisotopic (exact) mass is 300 g/mol. The van der Waals surface area contributed by atoms with Crippen LogP contribution in [-0.2, 0) is 11.3 Å². The molecule has 0 unspecified atom stereocenters. The van der Waals surface area contributed by atoms with Gasteiger partial charge >= 0.3 is 0 Å². The molecule has 0 saturated carbocycles. The van der Waals surface area contributed by atoms with E-state index in [-0.39, 0.29) is 11.5 Å². The number of likely N-dealkylation sites (N-methyl/N-ethyl adjacent to an activating group) is 1. The maximum absolute atomic E-state index is 11.9. The van der Waals surface area contributed by atoms with E-state index in [2.05, 4.69) is 29.4 Å². The van der Waals surface area contributed by atoms with Crippen LogP contribution < -0.4 is 10.6 Å². The molecule has 0 aliphatic rings. The third kappa shape index (κ3) is 6.42. The lowest BCUT2D eigenvalue weighted by atomic mass is 10.2. The Morgan fingerprint density at radius 1 is 1.27 bits per heavy atom. The van der Waals surface area contributed by atoms with Gasteiger partial charge in [-0.3, -0.25) is 4.79 Å². The summed E-state index contributed by atoms with van der Waals surface area (Å²) in [6.07, 6.45) is 1.49. The van der Waals surface area contributed by atoms with E-state index in [4.69, 9.17) is 5.26 Å². The Bertz CT molecular complexity index is 515. The third-order valence-electron chi connectivity index (χ3n) is 3.37. The molecule has 0 aliphatic heterocycles. The van der Waals surface area contributed by atoms with Crippen molar-refractivity contribution in [1.29, 1.82) is 5.26 Å². The number of carbonyl (C=O) groups excluding carboxylic acids is 1. The number of nitriles is 1. The summed E-state index contributed by atoms with van der Waals surface area (Å²) >= 11 is 0. The Balaban J connectivity index is 2.40. The van der Waals surface area contributed by atoms with Gasteiger partial charge in [0.15, 0.2) is 0 Å². The lowest BCUT2D eigenvalue weighted by Crippen LogP contribution is -2.31. The zero-order chi connectivity index (χ0) is 16.2. The first-order valence-corrected chi connectivity index (χ1v) is 7.59. The highest BCUT2D eigenvalue weighted by Crippen LogP contribution is 1.98. The topological polar surface area (TPSA) is 68.2 Å². The molecule has 1 aromatic rings. The van der Waals surface area contributed by atoms with Gasteiger partial charge in [0.1, 0.15) is 11.6 Å². The van der Waals surface area contributed by atoms with Crippen molar-refractivity contribution in [3.05, 3.63) is 47.7 Å². The van der Waals surface area contributed by atoms with Crippen molar-refractivity contribution in [2.24, 2.45) is 0 Å². The predicted molar refractivity (Wildman–Crippen MR) is 87.8 cm³/mol. The van der Waals surface area contributed by atoms with Crippen molar-refractivity contribution in [1.82, 2.24) is 15.5 Å². The number of amides is 1. The van der Waals surface area contributed by atoms with Gasteiger partial charge in [0.25, 0.3) is 5.91 Å². The second-order valence-corrected chi connectivity index (χ2v) is 4.82. The molecule has 0 bridgehead atoms. The van der Waals surface area contributed by atoms with Crippen LogP contribution in [0.3, 0.4) is 0 Å². The molecule has 0 aliphatic carbocycles. The summed E-state index contributed by atoms with van der Waals surface area (Å²) in [6, 6.07) is 11.5. The average Bonchev–Trinajstić information content (AvgIpc) is 2.57. The second kappa shape index (κ2) is 10.4. The number of carbonyl (C=O) groups is 1. The first kappa shape index (κ1) is 17.7. The summed E-state index contributed by atoms with van der Waals surface area (Å²) in [5, 5.41) is 14.8. The molecule has 1 amide bonds. The number of nitrogens with zero attached hydrogens (tertiary/aromatic N) is 2. The van der Waals surface area contributed by atoms with E-state index >= 15 is 0 Å². The first-order chi connectivity index (χ1) is 10.7. The maximum atomic E-state index is 11.9. The van der Waals surface area contributed by atoms with Crippen molar-refractivity contribution in [3.63, 3.8) is 0 Å². The van der Waals surface area contributed by atoms with Gasteiger partial charge in [0.2, 0.25) is 0 Å². The van der Waals surface area contributed by atoms with Gasteiger partial charge in [0, 0.05) is 25.8 Å². The molecule has 0 spiro atoms. The Kier molecular flexibility index (Phi) is 8.39. The van der Waals surface area contributed by atoms with E-state index in [0.29, 0.717) is 13.1 Å². The molecular weight excluding hydrogens is 276 g/mol. The summed E-state index contributed by atoms with van der Waals surface area (Å²) in [5.74, 6) is -0.360. The fourth-order valence-electron chi connectivity index (χ4n) is 1.96. The largest absolute Gasteiger partial charge is 0.388 e. The van der Waals surface area contributed by atoms with Crippen molar-refractivity contribution in [2.45, 2.75) is 20.4 Å². The minimum Gasteiger partial charge on any atom is -0.388 e. The molecule has 0 heterocycles. The quantitative estimate of drug-likeness (QED) is 0.413. The Hall–Kier alpha value is -2.32. The number of hydrogen-bond acceptors (Lipinski definition) is 4. The Morgan fingerprint density at radius 3 is 2.55 bits per heavy atom. The number of hydrogen-bond donors (Lipinski definition) is 2. The zero-order valence-corrected chi connectivity index (χ0v) is 13.3. The SMILES string of the molecule is CCN(CC)CCN/C=C(/C#N)C(=O)NCc1ccccc1. The van der Waals surface area contributed by atoms with Gasteiger partial charge < -0.3 is 15.5 Å². The predicted octanol–water partition coefficient (Wildman–Crippen LogP) is 1.64. The van der Waals surface area contributed by atoms with Gasteiger partial charge in [-0.2, -0.15) is 5.26 Å². The lowest BCUT2D eigenvalue weighted by Gasteiger charge is -2.17. The van der Waals surface area contributed by atoms with Crippen molar-refractivity contribution >= 4 is 5.91 Å². The van der Waals surface area contributed by atoms with Crippen LogP contribution >= 0.6 is 0 Å². The fraction of sp³-hybridized carbons (Fsp3) is 0.412. The fourth-order valence-corrected chi connectivity index (χ4v) is 1.96. The van der Waals surface area contributed by atoms with Crippen LogP contribution in [0.15, 0.2) is 42.1 Å². The van der Waals surface area contributed by atoms with Gasteiger partial charge in [-0.1, -0.05) is 44.2 Å². The minimum atomic E-state index is -0.360. The molecule has 0 atom stereocenters. The van der Waals surface area contributed by atoms with Crippen LogP contribution in [0.2, 0.25) is 0 Å². The standard InChI is InChI=1S/C17H24N4O/c1-3-21(4-2)11-10-19-14-16(12-18)17(22)20-13-15-8-6-5-7-9-15/h5-9,14,19H,3-4,10-11,13H2,1-2H3,(H,20,22)/b16-14-. The summed E-state index contributed by atoms with van der Waals surface area (Å²) in [6.45, 7) is 8.20. The zero-order valence-electron chi connectivity index (χ0n) is 13.3. The molecule has 0 aromatic heterocycles. The summed E-state index contributed by atoms with van der Waals surface area (Å²) in [4.78, 5) is 14.2. The highest BCUT2D eigenvalue weighted by molar-refractivity contribution is 5.97. The molecular formula is C17H24N4O. The number of rotatable bonds is 9. The van der Waals surface area contributed by atoms with Crippen LogP contribution in [0.1, 0.15) is 19.4 Å². The number of nitrogens with one attached hydrogen (secondary N) is 2. The van der Waals surface area contributed by atoms with E-state index in [9.17, 15) is 4.79 Å². The molecule has 1 aromatic carbocycles. The van der Waals surface area contributed by atoms with Crippen LogP contribution in [-0.4, -0.2) is 37.0 Å². The Morgan fingerprint density at radius 2 is 1.95 bits per heavy atom. The van der Waals surface area contributed by atoms with Crippen LogP contribution in [0, 0.1) is 11.3 Å². The van der Waals surface area contributed by atoms with Crippen LogP contribution in [0.4, 0.5) is 0 Å². The van der Waals surface area contributed by atoms with E-state index in [0.717, 1.165) is 25.2 Å². The smallest absolute Gasteiger partial charge is 0.263 e. The van der Waals surface area contributed by atoms with Crippen molar-refractivity contribution in [2.75, 3.05) is 26.2 Å². The summed E-state index contributed by atoms with van der Waals surface area (Å²) in [5.41, 5.74) is 1.10. The minimum absolute atomic E-state index is 0.0930. The molecule has 0 fully saturated rings. The van der Waals surface area contributed by atoms with E-state index < -0.39 is 0 Å². The highest BCUT2D eigenvalue weighted by Gasteiger charge is 2.08. The molecule has 118 valence electrons. The normalized spacial score (nSPS) is 11.1. The molecule has 22 heavy (non-hydrogen) atoms. The molecule has 5 heteroatoms. The molecule has 2 N–H and O–H groups in total. The van der Waals surface area contributed by atoms with Gasteiger partial charge in [-0.15, -0.1) is 0 Å². The van der Waals surface area contributed by atoms with Crippen LogP contribution in [0.5, 0.6) is 0 Å². The summed E-state index contributed by atoms with van der Waals surface area (Å²) < 4.78 is 0. The number of benzene rings is 1. The molecule has 0 saturated heterocycles. The first-order valence-electron chi connectivity index (χ1n) is 7.59. The van der Waals surface area contributed by atoms with E-state index in [1.165, 1.54) is 6.20 Å². The van der Waals surface area contributed by atoms with Crippen molar-refractivity contribution < 1.29 is 4.79 Å². The van der Waals surface area contributed by atoms with Crippen LogP contribution in [0.25, 0.3) is 0 Å². The third-order valence-corrected chi connectivity index (χ3v) is 3.37. The van der Waals surface area contributed by atoms with Gasteiger partial charge in [0.05, 0.1) is 0 Å². The van der Waals surface area contributed by atoms with E-state index in [1.54, 1.807) is 0 Å². The highest BCUT2D eigenvalue weighted by atomic mass is 16.1. The molecule has 0 radical (unpaired) electrons. The van der Waals surface area contributed by atoms with Crippen molar-refractivity contribution in [3.8, 4) is 6.07 Å².